The smallest absolute Gasteiger partial charge is 0.319 e. The van der Waals surface area contributed by atoms with Gasteiger partial charge in [-0.2, -0.15) is 0 Å². The Kier molecular flexibility index (Phi) is 4.51. The van der Waals surface area contributed by atoms with Crippen LogP contribution < -0.4 is 10.6 Å². The summed E-state index contributed by atoms with van der Waals surface area (Å²) in [6.07, 6.45) is 8.25. The van der Waals surface area contributed by atoms with Gasteiger partial charge < -0.3 is 15.2 Å². The molecule has 1 aliphatic carbocycles. The summed E-state index contributed by atoms with van der Waals surface area (Å²) in [5, 5.41) is 15.1. The fourth-order valence-corrected chi connectivity index (χ4v) is 3.65. The number of rotatable bonds is 4. The van der Waals surface area contributed by atoms with Crippen LogP contribution in [-0.4, -0.2) is 25.8 Å². The monoisotopic (exact) mass is 350 g/mol. The molecule has 0 spiro atoms. The lowest BCUT2D eigenvalue weighted by atomic mass is 10.2. The minimum atomic E-state index is -0.281. The van der Waals surface area contributed by atoms with Crippen molar-refractivity contribution in [1.29, 1.82) is 0 Å². The Balaban J connectivity index is 1.47. The predicted octanol–water partition coefficient (Wildman–Crippen LogP) is 3.82. The second-order valence-electron chi connectivity index (χ2n) is 6.74. The Labute approximate surface area is 151 Å². The van der Waals surface area contributed by atoms with E-state index in [1.165, 1.54) is 12.8 Å². The number of benzene rings is 1. The molecule has 1 unspecified atom stereocenters. The number of hydrogen-bond acceptors (Lipinski definition) is 4. The van der Waals surface area contributed by atoms with Crippen LogP contribution in [0.3, 0.4) is 0 Å². The maximum atomic E-state index is 12.5. The molecule has 1 aromatic carbocycles. The Bertz CT molecular complexity index is 910. The van der Waals surface area contributed by atoms with Crippen molar-refractivity contribution in [1.82, 2.24) is 25.1 Å². The normalized spacial score (nSPS) is 15.9. The van der Waals surface area contributed by atoms with Crippen LogP contribution in [0.4, 0.5) is 10.5 Å². The summed E-state index contributed by atoms with van der Waals surface area (Å²) < 4.78 is 2.11. The molecule has 1 fully saturated rings. The van der Waals surface area contributed by atoms with E-state index >= 15 is 0 Å². The molecule has 4 rings (SSSR count). The van der Waals surface area contributed by atoms with Crippen LogP contribution in [0.5, 0.6) is 0 Å². The van der Waals surface area contributed by atoms with E-state index in [2.05, 4.69) is 30.4 Å². The molecule has 0 saturated heterocycles. The summed E-state index contributed by atoms with van der Waals surface area (Å²) in [6, 6.07) is 9.49. The van der Waals surface area contributed by atoms with Crippen molar-refractivity contribution >= 4 is 22.6 Å². The maximum absolute atomic E-state index is 12.5. The zero-order valence-electron chi connectivity index (χ0n) is 14.7. The molecule has 0 radical (unpaired) electrons. The van der Waals surface area contributed by atoms with Gasteiger partial charge in [-0.3, -0.25) is 4.98 Å². The van der Waals surface area contributed by atoms with Gasteiger partial charge in [-0.1, -0.05) is 31.0 Å². The van der Waals surface area contributed by atoms with Crippen LogP contribution in [0.1, 0.15) is 50.5 Å². The number of carbonyl (C=O) groups excluding carboxylic acids is 1. The van der Waals surface area contributed by atoms with Crippen molar-refractivity contribution in [2.45, 2.75) is 44.7 Å². The first-order valence-corrected chi connectivity index (χ1v) is 9.03. The number of para-hydroxylation sites is 1. The van der Waals surface area contributed by atoms with E-state index in [0.29, 0.717) is 11.7 Å². The summed E-state index contributed by atoms with van der Waals surface area (Å²) >= 11 is 0. The second-order valence-corrected chi connectivity index (χ2v) is 6.74. The van der Waals surface area contributed by atoms with Gasteiger partial charge in [0, 0.05) is 17.6 Å². The van der Waals surface area contributed by atoms with Gasteiger partial charge >= 0.3 is 6.03 Å². The number of carbonyl (C=O) groups is 1. The first-order chi connectivity index (χ1) is 12.7. The number of nitrogens with one attached hydrogen (secondary N) is 2. The summed E-state index contributed by atoms with van der Waals surface area (Å²) in [5.74, 6) is 0.795. The highest BCUT2D eigenvalue weighted by atomic mass is 16.2. The van der Waals surface area contributed by atoms with E-state index in [4.69, 9.17) is 0 Å². The number of pyridine rings is 1. The van der Waals surface area contributed by atoms with Crippen molar-refractivity contribution in [2.24, 2.45) is 0 Å². The molecule has 134 valence electrons. The predicted molar refractivity (Wildman–Crippen MR) is 99.8 cm³/mol. The summed E-state index contributed by atoms with van der Waals surface area (Å²) in [7, 11) is 0. The van der Waals surface area contributed by atoms with E-state index in [-0.39, 0.29) is 12.1 Å². The van der Waals surface area contributed by atoms with Gasteiger partial charge in [0.25, 0.3) is 0 Å². The molecule has 26 heavy (non-hydrogen) atoms. The molecule has 2 heterocycles. The van der Waals surface area contributed by atoms with Crippen LogP contribution in [-0.2, 0) is 0 Å². The van der Waals surface area contributed by atoms with Gasteiger partial charge in [-0.25, -0.2) is 4.79 Å². The molecule has 0 aliphatic heterocycles. The molecule has 7 heteroatoms. The van der Waals surface area contributed by atoms with Gasteiger partial charge in [-0.15, -0.1) is 10.2 Å². The van der Waals surface area contributed by atoms with Crippen molar-refractivity contribution in [3.63, 3.8) is 0 Å². The maximum Gasteiger partial charge on any atom is 0.319 e. The summed E-state index contributed by atoms with van der Waals surface area (Å²) in [6.45, 7) is 1.93. The zero-order valence-corrected chi connectivity index (χ0v) is 14.7. The van der Waals surface area contributed by atoms with Crippen molar-refractivity contribution in [3.8, 4) is 0 Å². The van der Waals surface area contributed by atoms with Crippen LogP contribution in [0.2, 0.25) is 0 Å². The highest BCUT2D eigenvalue weighted by Gasteiger charge is 2.23. The van der Waals surface area contributed by atoms with Crippen LogP contribution in [0.15, 0.2) is 42.9 Å². The van der Waals surface area contributed by atoms with Crippen molar-refractivity contribution in [2.75, 3.05) is 5.32 Å². The van der Waals surface area contributed by atoms with Crippen LogP contribution >= 0.6 is 0 Å². The fraction of sp³-hybridized carbons (Fsp3) is 0.368. The first kappa shape index (κ1) is 16.5. The number of nitrogens with zero attached hydrogens (tertiary/aromatic N) is 4. The summed E-state index contributed by atoms with van der Waals surface area (Å²) in [5.41, 5.74) is 1.46. The minimum absolute atomic E-state index is 0.235. The van der Waals surface area contributed by atoms with Gasteiger partial charge in [0.05, 0.1) is 17.2 Å². The Hall–Kier alpha value is -2.96. The number of anilines is 1. The number of hydrogen-bond donors (Lipinski definition) is 2. The van der Waals surface area contributed by atoms with E-state index in [0.717, 1.165) is 29.6 Å². The molecule has 1 saturated carbocycles. The van der Waals surface area contributed by atoms with E-state index < -0.39 is 0 Å². The molecule has 2 N–H and O–H groups in total. The third-order valence-corrected chi connectivity index (χ3v) is 4.93. The molecular formula is C19H22N6O. The van der Waals surface area contributed by atoms with Crippen LogP contribution in [0.25, 0.3) is 10.9 Å². The Morgan fingerprint density at radius 2 is 2.04 bits per heavy atom. The third kappa shape index (κ3) is 3.24. The highest BCUT2D eigenvalue weighted by molar-refractivity contribution is 5.99. The molecule has 3 aromatic rings. The molecule has 1 atom stereocenters. The number of urea groups is 1. The number of aromatic nitrogens is 4. The van der Waals surface area contributed by atoms with E-state index in [1.54, 1.807) is 12.5 Å². The largest absolute Gasteiger partial charge is 0.328 e. The SMILES string of the molecule is CC(NC(=O)Nc1cccc2cccnc12)c1nncn1C1CCCC1. The standard InChI is InChI=1S/C19H22N6O/c1-13(18-24-21-12-25(18)15-8-2-3-9-15)22-19(26)23-16-10-4-6-14-7-5-11-20-17(14)16/h4-7,10-13,15H,2-3,8-9H2,1H3,(H2,22,23,26). The first-order valence-electron chi connectivity index (χ1n) is 9.03. The molecule has 1 aliphatic rings. The lowest BCUT2D eigenvalue weighted by Crippen LogP contribution is -2.33. The van der Waals surface area contributed by atoms with E-state index in [1.807, 2.05) is 37.3 Å². The third-order valence-electron chi connectivity index (χ3n) is 4.93. The van der Waals surface area contributed by atoms with Gasteiger partial charge in [0.15, 0.2) is 5.82 Å². The average Bonchev–Trinajstić information content (AvgIpc) is 3.33. The van der Waals surface area contributed by atoms with Gasteiger partial charge in [-0.05, 0) is 31.9 Å². The number of fused-ring (bicyclic) bond motifs is 1. The quantitative estimate of drug-likeness (QED) is 0.749. The minimum Gasteiger partial charge on any atom is -0.328 e. The number of amides is 2. The average molecular weight is 350 g/mol. The molecule has 2 aromatic heterocycles. The molecule has 2 amide bonds. The van der Waals surface area contributed by atoms with Crippen LogP contribution in [0, 0.1) is 0 Å². The van der Waals surface area contributed by atoms with Gasteiger partial charge in [0.1, 0.15) is 6.33 Å². The fourth-order valence-electron chi connectivity index (χ4n) is 3.65. The zero-order chi connectivity index (χ0) is 17.9. The van der Waals surface area contributed by atoms with Crippen molar-refractivity contribution in [3.05, 3.63) is 48.7 Å². The molecule has 7 nitrogen and oxygen atoms in total. The second kappa shape index (κ2) is 7.11. The van der Waals surface area contributed by atoms with Gasteiger partial charge in [0.2, 0.25) is 0 Å². The lowest BCUT2D eigenvalue weighted by Gasteiger charge is -2.19. The lowest BCUT2D eigenvalue weighted by molar-refractivity contribution is 0.248. The van der Waals surface area contributed by atoms with Crippen molar-refractivity contribution < 1.29 is 4.79 Å². The molecule has 0 bridgehead atoms. The summed E-state index contributed by atoms with van der Waals surface area (Å²) in [4.78, 5) is 16.8. The topological polar surface area (TPSA) is 84.7 Å². The van der Waals surface area contributed by atoms with E-state index in [9.17, 15) is 4.79 Å². The highest BCUT2D eigenvalue weighted by Crippen LogP contribution is 2.31. The Morgan fingerprint density at radius 3 is 2.88 bits per heavy atom. The Morgan fingerprint density at radius 1 is 1.23 bits per heavy atom. The molecular weight excluding hydrogens is 328 g/mol.